The van der Waals surface area contributed by atoms with Crippen LogP contribution < -0.4 is 15.4 Å². The number of hydrogen-bond acceptors (Lipinski definition) is 8. The van der Waals surface area contributed by atoms with Crippen LogP contribution in [-0.4, -0.2) is 55.2 Å². The first-order chi connectivity index (χ1) is 8.91. The third kappa shape index (κ3) is 3.21. The van der Waals surface area contributed by atoms with Crippen LogP contribution in [0.2, 0.25) is 0 Å². The minimum absolute atomic E-state index is 0.0693. The lowest BCUT2D eigenvalue weighted by molar-refractivity contribution is 0.397. The molecule has 1 aromatic rings. The number of anilines is 2. The van der Waals surface area contributed by atoms with Crippen molar-refractivity contribution in [3.8, 4) is 5.88 Å². The summed E-state index contributed by atoms with van der Waals surface area (Å²) in [5, 5.41) is -0.592. The Hall–Kier alpha value is -1.22. The van der Waals surface area contributed by atoms with E-state index in [-0.39, 0.29) is 5.95 Å². The van der Waals surface area contributed by atoms with Crippen molar-refractivity contribution >= 4 is 33.4 Å². The van der Waals surface area contributed by atoms with Crippen molar-refractivity contribution in [2.45, 2.75) is 5.37 Å². The number of methoxy groups -OCH3 is 1. The van der Waals surface area contributed by atoms with Gasteiger partial charge in [0, 0.05) is 30.4 Å². The molecule has 2 N–H and O–H groups in total. The SMILES string of the molecule is COc1cc(N2CCSCC2S(C)(=O)=O)nc(N)n1. The number of nitrogens with zero attached hydrogens (tertiary/aromatic N) is 3. The number of nitrogen functional groups attached to an aromatic ring is 1. The van der Waals surface area contributed by atoms with Gasteiger partial charge >= 0.3 is 0 Å². The third-order valence-electron chi connectivity index (χ3n) is 2.79. The Balaban J connectivity index is 2.40. The van der Waals surface area contributed by atoms with Crippen molar-refractivity contribution in [3.05, 3.63) is 6.07 Å². The average Bonchev–Trinajstić information content (AvgIpc) is 2.37. The minimum atomic E-state index is -3.19. The second kappa shape index (κ2) is 5.41. The van der Waals surface area contributed by atoms with Gasteiger partial charge in [0.25, 0.3) is 0 Å². The summed E-state index contributed by atoms with van der Waals surface area (Å²) in [6.45, 7) is 0.599. The molecule has 0 saturated carbocycles. The van der Waals surface area contributed by atoms with Gasteiger partial charge in [0.05, 0.1) is 7.11 Å². The number of aromatic nitrogens is 2. The Bertz CT molecular complexity index is 564. The molecule has 1 atom stereocenters. The monoisotopic (exact) mass is 304 g/mol. The second-order valence-electron chi connectivity index (χ2n) is 4.18. The van der Waals surface area contributed by atoms with Gasteiger partial charge in [-0.25, -0.2) is 8.42 Å². The van der Waals surface area contributed by atoms with Crippen molar-refractivity contribution < 1.29 is 13.2 Å². The van der Waals surface area contributed by atoms with Crippen molar-refractivity contribution in [3.63, 3.8) is 0 Å². The maximum absolute atomic E-state index is 11.8. The molecule has 0 amide bonds. The molecule has 1 unspecified atom stereocenters. The van der Waals surface area contributed by atoms with E-state index in [2.05, 4.69) is 9.97 Å². The molecule has 9 heteroatoms. The summed E-state index contributed by atoms with van der Waals surface area (Å²) in [5.74, 6) is 2.25. The van der Waals surface area contributed by atoms with Crippen molar-refractivity contribution in [1.29, 1.82) is 0 Å². The molecule has 0 spiro atoms. The fourth-order valence-corrected chi connectivity index (χ4v) is 4.71. The minimum Gasteiger partial charge on any atom is -0.481 e. The number of thioether (sulfide) groups is 1. The van der Waals surface area contributed by atoms with Crippen molar-refractivity contribution in [1.82, 2.24) is 9.97 Å². The van der Waals surface area contributed by atoms with Gasteiger partial charge < -0.3 is 15.4 Å². The summed E-state index contributed by atoms with van der Waals surface area (Å²) >= 11 is 1.62. The number of hydrogen-bond donors (Lipinski definition) is 1. The van der Waals surface area contributed by atoms with Crippen LogP contribution in [0.5, 0.6) is 5.88 Å². The Labute approximate surface area is 116 Å². The summed E-state index contributed by atoms with van der Waals surface area (Å²) in [6.07, 6.45) is 1.23. The van der Waals surface area contributed by atoms with Crippen LogP contribution in [0, 0.1) is 0 Å². The van der Waals surface area contributed by atoms with Crippen molar-refractivity contribution in [2.75, 3.05) is 42.0 Å². The van der Waals surface area contributed by atoms with E-state index in [1.807, 2.05) is 0 Å². The first-order valence-electron chi connectivity index (χ1n) is 5.63. The van der Waals surface area contributed by atoms with Crippen LogP contribution in [0.15, 0.2) is 6.07 Å². The molecule has 0 aliphatic carbocycles. The molecule has 7 nitrogen and oxygen atoms in total. The van der Waals surface area contributed by atoms with Crippen LogP contribution in [0.4, 0.5) is 11.8 Å². The number of nitrogens with two attached hydrogens (primary N) is 1. The molecule has 1 aromatic heterocycles. The van der Waals surface area contributed by atoms with Gasteiger partial charge in [-0.2, -0.15) is 21.7 Å². The standard InChI is InChI=1S/C10H16N4O3S2/c1-17-8-5-7(12-10(11)13-8)14-3-4-18-6-9(14)19(2,15)16/h5,9H,3-4,6H2,1-2H3,(H2,11,12,13). The van der Waals surface area contributed by atoms with Crippen LogP contribution in [-0.2, 0) is 9.84 Å². The quantitative estimate of drug-likeness (QED) is 0.832. The lowest BCUT2D eigenvalue weighted by atomic mass is 10.4. The molecule has 0 radical (unpaired) electrons. The first-order valence-corrected chi connectivity index (χ1v) is 8.74. The summed E-state index contributed by atoms with van der Waals surface area (Å²) < 4.78 is 28.7. The zero-order chi connectivity index (χ0) is 14.0. The highest BCUT2D eigenvalue weighted by Gasteiger charge is 2.32. The predicted octanol–water partition coefficient (Wildman–Crippen LogP) is -0.00870. The van der Waals surface area contributed by atoms with Gasteiger partial charge in [-0.15, -0.1) is 0 Å². The van der Waals surface area contributed by atoms with E-state index in [1.165, 1.54) is 13.4 Å². The number of rotatable bonds is 3. The molecule has 0 bridgehead atoms. The molecule has 2 heterocycles. The fourth-order valence-electron chi connectivity index (χ4n) is 1.88. The van der Waals surface area contributed by atoms with Crippen LogP contribution in [0.3, 0.4) is 0 Å². The molecule has 106 valence electrons. The van der Waals surface area contributed by atoms with Crippen LogP contribution >= 0.6 is 11.8 Å². The number of ether oxygens (including phenoxy) is 1. The Morgan fingerprint density at radius 1 is 1.53 bits per heavy atom. The fraction of sp³-hybridized carbons (Fsp3) is 0.600. The zero-order valence-electron chi connectivity index (χ0n) is 10.7. The average molecular weight is 304 g/mol. The Morgan fingerprint density at radius 2 is 2.26 bits per heavy atom. The van der Waals surface area contributed by atoms with E-state index in [0.717, 1.165) is 5.75 Å². The van der Waals surface area contributed by atoms with E-state index in [4.69, 9.17) is 10.5 Å². The molecule has 1 saturated heterocycles. The zero-order valence-corrected chi connectivity index (χ0v) is 12.4. The molecule has 0 aromatic carbocycles. The summed E-state index contributed by atoms with van der Waals surface area (Å²) in [7, 11) is -1.71. The molecule has 19 heavy (non-hydrogen) atoms. The summed E-state index contributed by atoms with van der Waals surface area (Å²) in [4.78, 5) is 9.75. The van der Waals surface area contributed by atoms with Gasteiger partial charge in [-0.3, -0.25) is 0 Å². The highest BCUT2D eigenvalue weighted by Crippen LogP contribution is 2.27. The molecule has 2 rings (SSSR count). The van der Waals surface area contributed by atoms with E-state index in [9.17, 15) is 8.42 Å². The number of sulfone groups is 1. The van der Waals surface area contributed by atoms with Gasteiger partial charge in [-0.1, -0.05) is 0 Å². The highest BCUT2D eigenvalue weighted by atomic mass is 32.2. The lowest BCUT2D eigenvalue weighted by Crippen LogP contribution is -2.47. The van der Waals surface area contributed by atoms with Gasteiger partial charge in [-0.05, 0) is 0 Å². The largest absolute Gasteiger partial charge is 0.481 e. The van der Waals surface area contributed by atoms with Crippen LogP contribution in [0.1, 0.15) is 0 Å². The maximum atomic E-state index is 11.8. The predicted molar refractivity (Wildman–Crippen MR) is 76.3 cm³/mol. The van der Waals surface area contributed by atoms with Crippen LogP contribution in [0.25, 0.3) is 0 Å². The van der Waals surface area contributed by atoms with E-state index in [1.54, 1.807) is 22.7 Å². The van der Waals surface area contributed by atoms with Gasteiger partial charge in [0.2, 0.25) is 11.8 Å². The second-order valence-corrected chi connectivity index (χ2v) is 7.53. The Morgan fingerprint density at radius 3 is 2.89 bits per heavy atom. The summed E-state index contributed by atoms with van der Waals surface area (Å²) in [5.41, 5.74) is 5.61. The topological polar surface area (TPSA) is 98.4 Å². The lowest BCUT2D eigenvalue weighted by Gasteiger charge is -2.34. The molecule has 1 fully saturated rings. The smallest absolute Gasteiger partial charge is 0.225 e. The molecule has 1 aliphatic heterocycles. The Kier molecular flexibility index (Phi) is 4.04. The van der Waals surface area contributed by atoms with E-state index < -0.39 is 15.2 Å². The first kappa shape index (κ1) is 14.2. The summed E-state index contributed by atoms with van der Waals surface area (Å²) in [6, 6.07) is 1.60. The normalized spacial score (nSPS) is 20.3. The maximum Gasteiger partial charge on any atom is 0.225 e. The van der Waals surface area contributed by atoms with Gasteiger partial charge in [0.1, 0.15) is 11.2 Å². The van der Waals surface area contributed by atoms with Crippen molar-refractivity contribution in [2.24, 2.45) is 0 Å². The molecule has 1 aliphatic rings. The highest BCUT2D eigenvalue weighted by molar-refractivity contribution is 8.01. The molecular weight excluding hydrogens is 288 g/mol. The van der Waals surface area contributed by atoms with E-state index in [0.29, 0.717) is 24.0 Å². The van der Waals surface area contributed by atoms with E-state index >= 15 is 0 Å². The van der Waals surface area contributed by atoms with Gasteiger partial charge in [0.15, 0.2) is 9.84 Å². The molecular formula is C10H16N4O3S2. The third-order valence-corrected chi connectivity index (χ3v) is 5.43.